The zero-order valence-electron chi connectivity index (χ0n) is 16.0. The molecule has 0 aliphatic rings. The Bertz CT molecular complexity index is 1160. The number of nitrogens with one attached hydrogen (secondary N) is 1. The number of amides is 1. The van der Waals surface area contributed by atoms with Crippen LogP contribution in [0.4, 0.5) is 5.69 Å². The number of hydrogen-bond donors (Lipinski definition) is 1. The van der Waals surface area contributed by atoms with Gasteiger partial charge in [-0.05, 0) is 42.0 Å². The molecule has 0 unspecified atom stereocenters. The number of methoxy groups -OCH3 is 1. The van der Waals surface area contributed by atoms with E-state index >= 15 is 0 Å². The number of para-hydroxylation sites is 1. The molecule has 0 spiro atoms. The molecule has 0 radical (unpaired) electrons. The quantitative estimate of drug-likeness (QED) is 0.506. The van der Waals surface area contributed by atoms with Gasteiger partial charge in [-0.2, -0.15) is 0 Å². The van der Waals surface area contributed by atoms with E-state index in [2.05, 4.69) is 11.4 Å². The molecule has 1 amide bonds. The van der Waals surface area contributed by atoms with Crippen LogP contribution < -0.4 is 5.32 Å². The van der Waals surface area contributed by atoms with Crippen molar-refractivity contribution in [3.8, 4) is 11.3 Å². The van der Waals surface area contributed by atoms with Crippen molar-refractivity contribution in [2.75, 3.05) is 12.4 Å². The number of anilines is 1. The Balaban J connectivity index is 1.60. The molecule has 0 atom stereocenters. The lowest BCUT2D eigenvalue weighted by Gasteiger charge is -2.12. The highest BCUT2D eigenvalue weighted by Gasteiger charge is 2.14. The van der Waals surface area contributed by atoms with Crippen LogP contribution in [-0.4, -0.2) is 23.6 Å². The minimum Gasteiger partial charge on any atom is -0.465 e. The summed E-state index contributed by atoms with van der Waals surface area (Å²) in [6.07, 6.45) is 0. The minimum atomic E-state index is -0.408. The summed E-state index contributed by atoms with van der Waals surface area (Å²) >= 11 is 0. The summed E-state index contributed by atoms with van der Waals surface area (Å²) in [6, 6.07) is 26.8. The third kappa shape index (κ3) is 3.89. The van der Waals surface area contributed by atoms with Crippen LogP contribution in [0.1, 0.15) is 10.4 Å². The summed E-state index contributed by atoms with van der Waals surface area (Å²) in [7, 11) is 1.34. The van der Waals surface area contributed by atoms with E-state index in [1.54, 1.807) is 24.3 Å². The molecule has 0 fully saturated rings. The van der Waals surface area contributed by atoms with Gasteiger partial charge in [-0.1, -0.05) is 48.5 Å². The van der Waals surface area contributed by atoms with Gasteiger partial charge in [0, 0.05) is 22.3 Å². The molecule has 4 rings (SSSR count). The Labute approximate surface area is 168 Å². The second-order valence-electron chi connectivity index (χ2n) is 6.66. The van der Waals surface area contributed by atoms with Crippen LogP contribution in [0.15, 0.2) is 84.9 Å². The van der Waals surface area contributed by atoms with E-state index in [0.29, 0.717) is 11.3 Å². The molecular formula is C24H20N2O3. The first kappa shape index (κ1) is 18.5. The van der Waals surface area contributed by atoms with Crippen LogP contribution in [0.2, 0.25) is 0 Å². The van der Waals surface area contributed by atoms with Gasteiger partial charge in [-0.3, -0.25) is 4.79 Å². The molecule has 1 N–H and O–H groups in total. The van der Waals surface area contributed by atoms with Crippen molar-refractivity contribution in [1.82, 2.24) is 4.57 Å². The molecule has 1 heterocycles. The van der Waals surface area contributed by atoms with Gasteiger partial charge in [0.15, 0.2) is 0 Å². The van der Waals surface area contributed by atoms with Crippen LogP contribution in [0.3, 0.4) is 0 Å². The molecule has 5 heteroatoms. The number of rotatable bonds is 5. The summed E-state index contributed by atoms with van der Waals surface area (Å²) in [5, 5.41) is 3.98. The van der Waals surface area contributed by atoms with E-state index in [4.69, 9.17) is 4.74 Å². The molecule has 5 nitrogen and oxygen atoms in total. The number of benzene rings is 3. The van der Waals surface area contributed by atoms with E-state index in [1.165, 1.54) is 7.11 Å². The van der Waals surface area contributed by atoms with Crippen LogP contribution in [0, 0.1) is 0 Å². The smallest absolute Gasteiger partial charge is 0.337 e. The normalized spacial score (nSPS) is 10.7. The highest BCUT2D eigenvalue weighted by molar-refractivity contribution is 5.95. The van der Waals surface area contributed by atoms with Crippen LogP contribution in [0.5, 0.6) is 0 Å². The summed E-state index contributed by atoms with van der Waals surface area (Å²) in [5.41, 5.74) is 4.11. The maximum Gasteiger partial charge on any atom is 0.337 e. The van der Waals surface area contributed by atoms with Gasteiger partial charge in [-0.25, -0.2) is 4.79 Å². The average molecular weight is 384 g/mol. The standard InChI is InChI=1S/C24H20N2O3/c1-29-24(28)18-11-13-20(14-12-18)25-23(27)16-26-21-10-6-5-9-19(21)15-22(26)17-7-3-2-4-8-17/h2-15H,16H2,1H3,(H,25,27). The molecule has 1 aromatic heterocycles. The second-order valence-corrected chi connectivity index (χ2v) is 6.66. The zero-order valence-corrected chi connectivity index (χ0v) is 16.0. The monoisotopic (exact) mass is 384 g/mol. The zero-order chi connectivity index (χ0) is 20.2. The van der Waals surface area contributed by atoms with Crippen molar-refractivity contribution >= 4 is 28.5 Å². The predicted molar refractivity (Wildman–Crippen MR) is 114 cm³/mol. The third-order valence-corrected chi connectivity index (χ3v) is 4.77. The van der Waals surface area contributed by atoms with E-state index in [1.807, 2.05) is 59.2 Å². The van der Waals surface area contributed by atoms with Crippen LogP contribution in [-0.2, 0) is 16.1 Å². The molecule has 0 saturated heterocycles. The number of ether oxygens (including phenoxy) is 1. The molecule has 0 saturated carbocycles. The first-order valence-electron chi connectivity index (χ1n) is 9.27. The topological polar surface area (TPSA) is 60.3 Å². The number of carbonyl (C=O) groups excluding carboxylic acids is 2. The molecule has 29 heavy (non-hydrogen) atoms. The second kappa shape index (κ2) is 8.02. The summed E-state index contributed by atoms with van der Waals surface area (Å²) in [6.45, 7) is 0.177. The van der Waals surface area contributed by atoms with Crippen molar-refractivity contribution in [3.05, 3.63) is 90.5 Å². The predicted octanol–water partition coefficient (Wildman–Crippen LogP) is 4.73. The molecule has 0 aliphatic carbocycles. The maximum atomic E-state index is 12.8. The highest BCUT2D eigenvalue weighted by Crippen LogP contribution is 2.28. The van der Waals surface area contributed by atoms with Gasteiger partial charge in [0.2, 0.25) is 5.91 Å². The Morgan fingerprint density at radius 3 is 2.31 bits per heavy atom. The van der Waals surface area contributed by atoms with E-state index in [0.717, 1.165) is 22.2 Å². The van der Waals surface area contributed by atoms with Gasteiger partial charge in [0.1, 0.15) is 6.54 Å². The van der Waals surface area contributed by atoms with Crippen molar-refractivity contribution in [1.29, 1.82) is 0 Å². The van der Waals surface area contributed by atoms with Crippen molar-refractivity contribution in [3.63, 3.8) is 0 Å². The minimum absolute atomic E-state index is 0.144. The van der Waals surface area contributed by atoms with Gasteiger partial charge < -0.3 is 14.6 Å². The SMILES string of the molecule is COC(=O)c1ccc(NC(=O)Cn2c(-c3ccccc3)cc3ccccc32)cc1. The van der Waals surface area contributed by atoms with Gasteiger partial charge in [-0.15, -0.1) is 0 Å². The van der Waals surface area contributed by atoms with E-state index < -0.39 is 5.97 Å². The lowest BCUT2D eigenvalue weighted by atomic mass is 10.1. The molecule has 3 aromatic carbocycles. The number of hydrogen-bond acceptors (Lipinski definition) is 3. The number of aromatic nitrogens is 1. The Kier molecular flexibility index (Phi) is 5.12. The molecular weight excluding hydrogens is 364 g/mol. The lowest BCUT2D eigenvalue weighted by molar-refractivity contribution is -0.116. The number of fused-ring (bicyclic) bond motifs is 1. The van der Waals surface area contributed by atoms with Crippen molar-refractivity contribution in [2.24, 2.45) is 0 Å². The first-order valence-corrected chi connectivity index (χ1v) is 9.27. The van der Waals surface area contributed by atoms with Gasteiger partial charge in [0.25, 0.3) is 0 Å². The maximum absolute atomic E-state index is 12.8. The fourth-order valence-electron chi connectivity index (χ4n) is 3.38. The fraction of sp³-hybridized carbons (Fsp3) is 0.0833. The molecule has 144 valence electrons. The Morgan fingerprint density at radius 1 is 0.897 bits per heavy atom. The molecule has 0 bridgehead atoms. The summed E-state index contributed by atoms with van der Waals surface area (Å²) in [4.78, 5) is 24.3. The van der Waals surface area contributed by atoms with Crippen molar-refractivity contribution < 1.29 is 14.3 Å². The van der Waals surface area contributed by atoms with Crippen LogP contribution in [0.25, 0.3) is 22.2 Å². The van der Waals surface area contributed by atoms with E-state index in [9.17, 15) is 9.59 Å². The third-order valence-electron chi connectivity index (χ3n) is 4.77. The Hall–Kier alpha value is -3.86. The van der Waals surface area contributed by atoms with Gasteiger partial charge >= 0.3 is 5.97 Å². The summed E-state index contributed by atoms with van der Waals surface area (Å²) < 4.78 is 6.71. The number of nitrogens with zero attached hydrogens (tertiary/aromatic N) is 1. The Morgan fingerprint density at radius 2 is 1.59 bits per heavy atom. The molecule has 0 aliphatic heterocycles. The van der Waals surface area contributed by atoms with Crippen LogP contribution >= 0.6 is 0 Å². The largest absolute Gasteiger partial charge is 0.465 e. The van der Waals surface area contributed by atoms with E-state index in [-0.39, 0.29) is 12.5 Å². The number of esters is 1. The number of carbonyl (C=O) groups is 2. The highest BCUT2D eigenvalue weighted by atomic mass is 16.5. The first-order chi connectivity index (χ1) is 14.2. The van der Waals surface area contributed by atoms with Crippen molar-refractivity contribution in [2.45, 2.75) is 6.54 Å². The van der Waals surface area contributed by atoms with Gasteiger partial charge in [0.05, 0.1) is 12.7 Å². The fourth-order valence-corrected chi connectivity index (χ4v) is 3.38. The molecule has 4 aromatic rings. The summed E-state index contributed by atoms with van der Waals surface area (Å²) in [5.74, 6) is -0.552. The lowest BCUT2D eigenvalue weighted by Crippen LogP contribution is -2.19. The average Bonchev–Trinajstić information content (AvgIpc) is 3.12.